The van der Waals surface area contributed by atoms with Crippen LogP contribution in [0.15, 0.2) is 0 Å². The first-order valence-electron chi connectivity index (χ1n) is 4.96. The molecule has 9 heteroatoms. The lowest BCUT2D eigenvalue weighted by molar-refractivity contribution is -0.143. The molecule has 0 radical (unpaired) electrons. The summed E-state index contributed by atoms with van der Waals surface area (Å²) >= 11 is 0. The Kier molecular flexibility index (Phi) is 6.35. The highest BCUT2D eigenvalue weighted by molar-refractivity contribution is 5.89. The van der Waals surface area contributed by atoms with Crippen LogP contribution in [0.1, 0.15) is 19.3 Å². The van der Waals surface area contributed by atoms with E-state index in [-0.39, 0.29) is 6.42 Å². The molecule has 0 aromatic carbocycles. The number of carboxylic acid groups (broad SMARTS) is 3. The predicted molar refractivity (Wildman–Crippen MR) is 56.7 cm³/mol. The number of amides is 1. The molecule has 0 aromatic heterocycles. The second kappa shape index (κ2) is 7.22. The van der Waals surface area contributed by atoms with Crippen molar-refractivity contribution < 1.29 is 34.5 Å². The van der Waals surface area contributed by atoms with Crippen molar-refractivity contribution in [1.82, 2.24) is 5.32 Å². The number of carbonyl (C=O) groups is 4. The number of hydrogen-bond acceptors (Lipinski definition) is 5. The molecule has 0 aliphatic rings. The van der Waals surface area contributed by atoms with Crippen LogP contribution in [0.2, 0.25) is 0 Å². The summed E-state index contributed by atoms with van der Waals surface area (Å²) in [7, 11) is 0. The van der Waals surface area contributed by atoms with Gasteiger partial charge in [0.05, 0.1) is 12.5 Å². The van der Waals surface area contributed by atoms with Gasteiger partial charge in [-0.2, -0.15) is 0 Å². The van der Waals surface area contributed by atoms with Crippen LogP contribution in [-0.2, 0) is 19.2 Å². The molecule has 9 nitrogen and oxygen atoms in total. The quantitative estimate of drug-likeness (QED) is 0.342. The summed E-state index contributed by atoms with van der Waals surface area (Å²) < 4.78 is 0. The van der Waals surface area contributed by atoms with Gasteiger partial charge in [-0.1, -0.05) is 0 Å². The van der Waals surface area contributed by atoms with Crippen molar-refractivity contribution >= 4 is 23.8 Å². The molecule has 0 saturated carbocycles. The van der Waals surface area contributed by atoms with Crippen LogP contribution in [0.25, 0.3) is 0 Å². The lowest BCUT2D eigenvalue weighted by atomic mass is 10.1. The molecule has 0 aliphatic carbocycles. The Hall–Kier alpha value is -2.16. The van der Waals surface area contributed by atoms with Crippen LogP contribution in [0.3, 0.4) is 0 Å². The summed E-state index contributed by atoms with van der Waals surface area (Å²) in [6.45, 7) is 0. The number of nitrogens with one attached hydrogen (secondary N) is 1. The van der Waals surface area contributed by atoms with E-state index in [1.165, 1.54) is 0 Å². The Morgan fingerprint density at radius 3 is 2.00 bits per heavy atom. The average Bonchev–Trinajstić information content (AvgIpc) is 2.21. The van der Waals surface area contributed by atoms with Crippen molar-refractivity contribution in [2.24, 2.45) is 5.73 Å². The third-order valence-electron chi connectivity index (χ3n) is 1.99. The fourth-order valence-corrected chi connectivity index (χ4v) is 1.08. The fraction of sp³-hybridized carbons (Fsp3) is 0.556. The van der Waals surface area contributed by atoms with Crippen molar-refractivity contribution in [3.05, 3.63) is 0 Å². The number of aliphatic carboxylic acids is 3. The fourth-order valence-electron chi connectivity index (χ4n) is 1.08. The maximum atomic E-state index is 11.3. The molecule has 0 heterocycles. The summed E-state index contributed by atoms with van der Waals surface area (Å²) in [5.74, 6) is -4.86. The van der Waals surface area contributed by atoms with Crippen molar-refractivity contribution in [1.29, 1.82) is 0 Å². The van der Waals surface area contributed by atoms with Crippen LogP contribution >= 0.6 is 0 Å². The minimum absolute atomic E-state index is 0.309. The maximum Gasteiger partial charge on any atom is 0.326 e. The standard InChI is InChI=1S/C9H14N2O7/c10-4(3-7(14)15)8(16)11-5(9(17)18)1-2-6(12)13/h4-5H,1-3,10H2,(H,11,16)(H,12,13)(H,14,15)(H,17,18)/t4?,5-/m0/s1. The van der Waals surface area contributed by atoms with E-state index < -0.39 is 48.7 Å². The molecule has 0 bridgehead atoms. The van der Waals surface area contributed by atoms with E-state index in [9.17, 15) is 19.2 Å². The van der Waals surface area contributed by atoms with Crippen LogP contribution in [0.4, 0.5) is 0 Å². The van der Waals surface area contributed by atoms with E-state index >= 15 is 0 Å². The van der Waals surface area contributed by atoms with Gasteiger partial charge in [-0.25, -0.2) is 4.79 Å². The Labute approximate surface area is 102 Å². The number of rotatable bonds is 8. The zero-order valence-corrected chi connectivity index (χ0v) is 9.33. The van der Waals surface area contributed by atoms with Gasteiger partial charge in [0, 0.05) is 6.42 Å². The first kappa shape index (κ1) is 15.8. The minimum atomic E-state index is -1.41. The highest BCUT2D eigenvalue weighted by Crippen LogP contribution is 1.99. The minimum Gasteiger partial charge on any atom is -0.481 e. The highest BCUT2D eigenvalue weighted by Gasteiger charge is 2.24. The third kappa shape index (κ3) is 6.43. The van der Waals surface area contributed by atoms with E-state index in [0.717, 1.165) is 0 Å². The van der Waals surface area contributed by atoms with Crippen molar-refractivity contribution in [3.8, 4) is 0 Å². The smallest absolute Gasteiger partial charge is 0.326 e. The normalized spacial score (nSPS) is 13.4. The topological polar surface area (TPSA) is 167 Å². The van der Waals surface area contributed by atoms with Gasteiger partial charge in [-0.15, -0.1) is 0 Å². The summed E-state index contributed by atoms with van der Waals surface area (Å²) in [5.41, 5.74) is 5.22. The summed E-state index contributed by atoms with van der Waals surface area (Å²) in [6.07, 6.45) is -1.39. The van der Waals surface area contributed by atoms with E-state index in [2.05, 4.69) is 0 Å². The third-order valence-corrected chi connectivity index (χ3v) is 1.99. The number of carbonyl (C=O) groups excluding carboxylic acids is 1. The Morgan fingerprint density at radius 1 is 1.06 bits per heavy atom. The molecular formula is C9H14N2O7. The molecule has 0 rings (SSSR count). The van der Waals surface area contributed by atoms with Crippen LogP contribution < -0.4 is 11.1 Å². The maximum absolute atomic E-state index is 11.3. The van der Waals surface area contributed by atoms with Gasteiger partial charge in [0.25, 0.3) is 0 Å². The molecule has 1 unspecified atom stereocenters. The van der Waals surface area contributed by atoms with Gasteiger partial charge in [0.1, 0.15) is 6.04 Å². The van der Waals surface area contributed by atoms with Gasteiger partial charge in [-0.05, 0) is 6.42 Å². The Balaban J connectivity index is 4.40. The molecule has 1 amide bonds. The highest BCUT2D eigenvalue weighted by atomic mass is 16.4. The van der Waals surface area contributed by atoms with Crippen molar-refractivity contribution in [2.75, 3.05) is 0 Å². The lowest BCUT2D eigenvalue weighted by Crippen LogP contribution is -2.49. The lowest BCUT2D eigenvalue weighted by Gasteiger charge is -2.16. The van der Waals surface area contributed by atoms with E-state index in [1.54, 1.807) is 0 Å². The zero-order valence-electron chi connectivity index (χ0n) is 9.33. The molecule has 0 saturated heterocycles. The SMILES string of the molecule is NC(CC(=O)O)C(=O)N[C@@H](CCC(=O)O)C(=O)O. The Morgan fingerprint density at radius 2 is 1.61 bits per heavy atom. The molecule has 0 spiro atoms. The van der Waals surface area contributed by atoms with Crippen molar-refractivity contribution in [2.45, 2.75) is 31.3 Å². The molecular weight excluding hydrogens is 248 g/mol. The van der Waals surface area contributed by atoms with Gasteiger partial charge >= 0.3 is 17.9 Å². The van der Waals surface area contributed by atoms with Gasteiger partial charge in [-0.3, -0.25) is 14.4 Å². The zero-order chi connectivity index (χ0) is 14.3. The van der Waals surface area contributed by atoms with Crippen LogP contribution in [-0.4, -0.2) is 51.2 Å². The monoisotopic (exact) mass is 262 g/mol. The molecule has 18 heavy (non-hydrogen) atoms. The van der Waals surface area contributed by atoms with E-state index in [1.807, 2.05) is 5.32 Å². The van der Waals surface area contributed by atoms with Gasteiger partial charge in [0.15, 0.2) is 0 Å². The van der Waals surface area contributed by atoms with Gasteiger partial charge < -0.3 is 26.4 Å². The van der Waals surface area contributed by atoms with Crippen molar-refractivity contribution in [3.63, 3.8) is 0 Å². The number of hydrogen-bond donors (Lipinski definition) is 5. The van der Waals surface area contributed by atoms with E-state index in [0.29, 0.717) is 0 Å². The molecule has 2 atom stereocenters. The summed E-state index contributed by atoms with van der Waals surface area (Å²) in [6, 6.07) is -2.79. The first-order chi connectivity index (χ1) is 8.23. The summed E-state index contributed by atoms with van der Waals surface area (Å²) in [4.78, 5) is 42.6. The average molecular weight is 262 g/mol. The Bertz CT molecular complexity index is 355. The molecule has 0 fully saturated rings. The second-order valence-corrected chi connectivity index (χ2v) is 3.54. The largest absolute Gasteiger partial charge is 0.481 e. The van der Waals surface area contributed by atoms with Crippen LogP contribution in [0.5, 0.6) is 0 Å². The number of nitrogens with two attached hydrogens (primary N) is 1. The molecule has 0 aliphatic heterocycles. The molecule has 0 aromatic rings. The summed E-state index contributed by atoms with van der Waals surface area (Å²) in [5, 5.41) is 27.5. The van der Waals surface area contributed by atoms with E-state index in [4.69, 9.17) is 21.1 Å². The molecule has 6 N–H and O–H groups in total. The van der Waals surface area contributed by atoms with Gasteiger partial charge in [0.2, 0.25) is 5.91 Å². The predicted octanol–water partition coefficient (Wildman–Crippen LogP) is -1.78. The second-order valence-electron chi connectivity index (χ2n) is 3.54. The number of carboxylic acids is 3. The molecule has 102 valence electrons. The first-order valence-corrected chi connectivity index (χ1v) is 4.96. The van der Waals surface area contributed by atoms with Crippen LogP contribution in [0, 0.1) is 0 Å².